The fourth-order valence-electron chi connectivity index (χ4n) is 3.11. The van der Waals surface area contributed by atoms with E-state index in [9.17, 15) is 18.0 Å². The van der Waals surface area contributed by atoms with Gasteiger partial charge in [-0.1, -0.05) is 36.4 Å². The predicted octanol–water partition coefficient (Wildman–Crippen LogP) is 3.51. The van der Waals surface area contributed by atoms with E-state index in [0.29, 0.717) is 25.1 Å². The molecule has 1 aliphatic heterocycles. The van der Waals surface area contributed by atoms with Crippen molar-refractivity contribution in [2.24, 2.45) is 5.73 Å². The molecule has 6 heteroatoms. The van der Waals surface area contributed by atoms with Gasteiger partial charge in [0, 0.05) is 12.2 Å². The largest absolute Gasteiger partial charge is 0.416 e. The van der Waals surface area contributed by atoms with Gasteiger partial charge in [0.05, 0.1) is 5.56 Å². The molecule has 2 N–H and O–H groups in total. The van der Waals surface area contributed by atoms with E-state index in [1.165, 1.54) is 6.07 Å². The number of halogens is 3. The Balaban J connectivity index is 2.04. The van der Waals surface area contributed by atoms with Gasteiger partial charge in [-0.3, -0.25) is 4.79 Å². The molecule has 0 fully saturated rings. The van der Waals surface area contributed by atoms with Crippen LogP contribution in [0.4, 0.5) is 18.9 Å². The van der Waals surface area contributed by atoms with Crippen LogP contribution in [0.25, 0.3) is 0 Å². The molecule has 0 spiro atoms. The van der Waals surface area contributed by atoms with Crippen LogP contribution in [0.1, 0.15) is 23.1 Å². The third-order valence-corrected chi connectivity index (χ3v) is 4.31. The standard InChI is InChI=1S/C18H17F3N2O/c19-18(20,21)14-8-6-13-7-9-15(17(22)24)23(16(13)10-14)11-12-4-2-1-3-5-12/h1-6,8,10,15H,7,9,11H2,(H2,22,24). The number of primary amides is 1. The SMILES string of the molecule is NC(=O)C1CCc2ccc(C(F)(F)F)cc2N1Cc1ccccc1. The summed E-state index contributed by atoms with van der Waals surface area (Å²) in [6, 6.07) is 12.4. The van der Waals surface area contributed by atoms with Gasteiger partial charge in [-0.25, -0.2) is 0 Å². The molecule has 0 saturated carbocycles. The van der Waals surface area contributed by atoms with Gasteiger partial charge in [0.1, 0.15) is 6.04 Å². The number of aryl methyl sites for hydroxylation is 1. The minimum atomic E-state index is -4.42. The van der Waals surface area contributed by atoms with E-state index in [1.54, 1.807) is 4.90 Å². The van der Waals surface area contributed by atoms with Crippen LogP contribution in [0.15, 0.2) is 48.5 Å². The first-order valence-electron chi connectivity index (χ1n) is 7.66. The molecule has 24 heavy (non-hydrogen) atoms. The Bertz CT molecular complexity index is 744. The van der Waals surface area contributed by atoms with Crippen molar-refractivity contribution in [2.75, 3.05) is 4.90 Å². The topological polar surface area (TPSA) is 46.3 Å². The molecule has 3 nitrogen and oxygen atoms in total. The van der Waals surface area contributed by atoms with Crippen LogP contribution >= 0.6 is 0 Å². The second kappa shape index (κ2) is 6.19. The molecule has 0 radical (unpaired) electrons. The van der Waals surface area contributed by atoms with E-state index >= 15 is 0 Å². The third-order valence-electron chi connectivity index (χ3n) is 4.31. The van der Waals surface area contributed by atoms with Crippen LogP contribution in [0.5, 0.6) is 0 Å². The predicted molar refractivity (Wildman–Crippen MR) is 85.4 cm³/mol. The van der Waals surface area contributed by atoms with E-state index in [-0.39, 0.29) is 0 Å². The quantitative estimate of drug-likeness (QED) is 0.934. The number of amides is 1. The van der Waals surface area contributed by atoms with Gasteiger partial charge < -0.3 is 10.6 Å². The van der Waals surface area contributed by atoms with Gasteiger partial charge in [-0.2, -0.15) is 13.2 Å². The number of fused-ring (bicyclic) bond motifs is 1. The monoisotopic (exact) mass is 334 g/mol. The molecular formula is C18H17F3N2O. The highest BCUT2D eigenvalue weighted by Crippen LogP contribution is 2.37. The Morgan fingerprint density at radius 3 is 2.50 bits per heavy atom. The van der Waals surface area contributed by atoms with Gasteiger partial charge in [0.15, 0.2) is 0 Å². The Morgan fingerprint density at radius 2 is 1.88 bits per heavy atom. The molecule has 1 heterocycles. The summed E-state index contributed by atoms with van der Waals surface area (Å²) >= 11 is 0. The zero-order chi connectivity index (χ0) is 17.3. The number of nitrogens with two attached hydrogens (primary N) is 1. The van der Waals surface area contributed by atoms with Gasteiger partial charge in [0.25, 0.3) is 0 Å². The molecule has 0 bridgehead atoms. The van der Waals surface area contributed by atoms with E-state index in [0.717, 1.165) is 23.3 Å². The third kappa shape index (κ3) is 3.22. The molecule has 1 unspecified atom stereocenters. The van der Waals surface area contributed by atoms with Gasteiger partial charge in [0.2, 0.25) is 5.91 Å². The van der Waals surface area contributed by atoms with Crippen molar-refractivity contribution >= 4 is 11.6 Å². The van der Waals surface area contributed by atoms with E-state index in [4.69, 9.17) is 5.73 Å². The number of alkyl halides is 3. The van der Waals surface area contributed by atoms with Crippen molar-refractivity contribution in [2.45, 2.75) is 31.6 Å². The number of benzene rings is 2. The fourth-order valence-corrected chi connectivity index (χ4v) is 3.11. The van der Waals surface area contributed by atoms with Crippen molar-refractivity contribution < 1.29 is 18.0 Å². The lowest BCUT2D eigenvalue weighted by Gasteiger charge is -2.37. The average Bonchev–Trinajstić information content (AvgIpc) is 2.54. The summed E-state index contributed by atoms with van der Waals surface area (Å²) in [5.41, 5.74) is 6.92. The van der Waals surface area contributed by atoms with Crippen LogP contribution in [0.3, 0.4) is 0 Å². The average molecular weight is 334 g/mol. The molecule has 1 aliphatic rings. The molecule has 0 saturated heterocycles. The van der Waals surface area contributed by atoms with Gasteiger partial charge >= 0.3 is 6.18 Å². The van der Waals surface area contributed by atoms with E-state index in [1.807, 2.05) is 30.3 Å². The summed E-state index contributed by atoms with van der Waals surface area (Å²) in [5, 5.41) is 0. The molecular weight excluding hydrogens is 317 g/mol. The minimum absolute atomic E-state index is 0.336. The maximum atomic E-state index is 13.1. The molecule has 1 atom stereocenters. The number of carbonyl (C=O) groups is 1. The smallest absolute Gasteiger partial charge is 0.368 e. The summed E-state index contributed by atoms with van der Waals surface area (Å²) in [5.74, 6) is -0.519. The highest BCUT2D eigenvalue weighted by Gasteiger charge is 2.35. The van der Waals surface area contributed by atoms with E-state index in [2.05, 4.69) is 0 Å². The van der Waals surface area contributed by atoms with Crippen LogP contribution < -0.4 is 10.6 Å². The minimum Gasteiger partial charge on any atom is -0.368 e. The molecule has 2 aromatic carbocycles. The lowest BCUT2D eigenvalue weighted by atomic mass is 9.93. The van der Waals surface area contributed by atoms with E-state index < -0.39 is 23.7 Å². The normalized spacial score (nSPS) is 17.5. The lowest BCUT2D eigenvalue weighted by Crippen LogP contribution is -2.47. The maximum Gasteiger partial charge on any atom is 0.416 e. The molecule has 2 aromatic rings. The van der Waals surface area contributed by atoms with Gasteiger partial charge in [-0.15, -0.1) is 0 Å². The first-order chi connectivity index (χ1) is 11.4. The first kappa shape index (κ1) is 16.4. The number of hydrogen-bond acceptors (Lipinski definition) is 2. The number of anilines is 1. The highest BCUT2D eigenvalue weighted by molar-refractivity contribution is 5.85. The maximum absolute atomic E-state index is 13.1. The molecule has 0 aromatic heterocycles. The number of rotatable bonds is 3. The first-order valence-corrected chi connectivity index (χ1v) is 7.66. The van der Waals surface area contributed by atoms with Crippen molar-refractivity contribution in [3.8, 4) is 0 Å². The number of nitrogens with zero attached hydrogens (tertiary/aromatic N) is 1. The van der Waals surface area contributed by atoms with Crippen LogP contribution in [0.2, 0.25) is 0 Å². The van der Waals surface area contributed by atoms with Crippen molar-refractivity contribution in [3.63, 3.8) is 0 Å². The second-order valence-corrected chi connectivity index (χ2v) is 5.91. The Hall–Kier alpha value is -2.50. The van der Waals surface area contributed by atoms with Crippen molar-refractivity contribution in [3.05, 3.63) is 65.2 Å². The Labute approximate surface area is 137 Å². The molecule has 1 amide bonds. The summed E-state index contributed by atoms with van der Waals surface area (Å²) in [7, 11) is 0. The number of carbonyl (C=O) groups excluding carboxylic acids is 1. The zero-order valence-corrected chi connectivity index (χ0v) is 12.9. The van der Waals surface area contributed by atoms with Gasteiger partial charge in [-0.05, 0) is 36.1 Å². The molecule has 3 rings (SSSR count). The summed E-state index contributed by atoms with van der Waals surface area (Å²) in [6.07, 6.45) is -3.39. The fraction of sp³-hybridized carbons (Fsp3) is 0.278. The zero-order valence-electron chi connectivity index (χ0n) is 12.9. The number of hydrogen-bond donors (Lipinski definition) is 1. The lowest BCUT2D eigenvalue weighted by molar-refractivity contribution is -0.137. The summed E-state index contributed by atoms with van der Waals surface area (Å²) in [6.45, 7) is 0.336. The second-order valence-electron chi connectivity index (χ2n) is 5.91. The van der Waals surface area contributed by atoms with Crippen LogP contribution in [0, 0.1) is 0 Å². The van der Waals surface area contributed by atoms with Crippen molar-refractivity contribution in [1.29, 1.82) is 0 Å². The summed E-state index contributed by atoms with van der Waals surface area (Å²) < 4.78 is 39.2. The highest BCUT2D eigenvalue weighted by atomic mass is 19.4. The Morgan fingerprint density at radius 1 is 1.17 bits per heavy atom. The van der Waals surface area contributed by atoms with Crippen LogP contribution in [-0.2, 0) is 23.9 Å². The summed E-state index contributed by atoms with van der Waals surface area (Å²) in [4.78, 5) is 13.5. The molecule has 0 aliphatic carbocycles. The Kier molecular flexibility index (Phi) is 4.22. The molecule has 126 valence electrons. The van der Waals surface area contributed by atoms with Crippen molar-refractivity contribution in [1.82, 2.24) is 0 Å². The van der Waals surface area contributed by atoms with Crippen LogP contribution in [-0.4, -0.2) is 11.9 Å².